The number of rotatable bonds is 4. The molecule has 17 heavy (non-hydrogen) atoms. The van der Waals surface area contributed by atoms with Crippen LogP contribution >= 0.6 is 11.3 Å². The van der Waals surface area contributed by atoms with Crippen molar-refractivity contribution in [2.24, 2.45) is 0 Å². The lowest BCUT2D eigenvalue weighted by Crippen LogP contribution is -1.96. The van der Waals surface area contributed by atoms with Crippen molar-refractivity contribution in [1.29, 1.82) is 0 Å². The summed E-state index contributed by atoms with van der Waals surface area (Å²) in [6, 6.07) is 7.99. The van der Waals surface area contributed by atoms with E-state index >= 15 is 0 Å². The standard InChI is InChI=1S/C13H17N3S/c1-9(2)13-16-15-12(17-13)8-7-10-5-3-4-6-11(10)14/h3-6,9H,7-8,14H2,1-2H3. The largest absolute Gasteiger partial charge is 0.399 e. The highest BCUT2D eigenvalue weighted by atomic mass is 32.1. The second-order valence-electron chi connectivity index (χ2n) is 4.39. The Balaban J connectivity index is 2.00. The van der Waals surface area contributed by atoms with Crippen LogP contribution in [0, 0.1) is 0 Å². The number of nitrogens with two attached hydrogens (primary N) is 1. The maximum absolute atomic E-state index is 5.91. The van der Waals surface area contributed by atoms with E-state index < -0.39 is 0 Å². The molecule has 0 aliphatic rings. The van der Waals surface area contributed by atoms with Gasteiger partial charge in [0.1, 0.15) is 10.0 Å². The van der Waals surface area contributed by atoms with Gasteiger partial charge in [-0.15, -0.1) is 21.5 Å². The number of nitrogens with zero attached hydrogens (tertiary/aromatic N) is 2. The van der Waals surface area contributed by atoms with Crippen molar-refractivity contribution < 1.29 is 0 Å². The molecular formula is C13H17N3S. The quantitative estimate of drug-likeness (QED) is 0.845. The Kier molecular flexibility index (Phi) is 3.74. The van der Waals surface area contributed by atoms with E-state index in [0.29, 0.717) is 5.92 Å². The molecule has 90 valence electrons. The molecule has 0 bridgehead atoms. The number of aryl methyl sites for hydroxylation is 2. The lowest BCUT2D eigenvalue weighted by molar-refractivity contribution is 0.813. The van der Waals surface area contributed by atoms with Gasteiger partial charge >= 0.3 is 0 Å². The van der Waals surface area contributed by atoms with Crippen molar-refractivity contribution in [3.63, 3.8) is 0 Å². The van der Waals surface area contributed by atoms with Crippen LogP contribution in [0.4, 0.5) is 5.69 Å². The van der Waals surface area contributed by atoms with E-state index in [4.69, 9.17) is 5.73 Å². The van der Waals surface area contributed by atoms with Gasteiger partial charge in [0.2, 0.25) is 0 Å². The fourth-order valence-electron chi connectivity index (χ4n) is 1.60. The van der Waals surface area contributed by atoms with Crippen molar-refractivity contribution in [2.45, 2.75) is 32.6 Å². The predicted octanol–water partition coefficient (Wildman–Crippen LogP) is 3.03. The molecular weight excluding hydrogens is 230 g/mol. The van der Waals surface area contributed by atoms with E-state index in [1.165, 1.54) is 5.56 Å². The first kappa shape index (κ1) is 12.0. The Hall–Kier alpha value is -1.42. The van der Waals surface area contributed by atoms with Gasteiger partial charge in [0.15, 0.2) is 0 Å². The van der Waals surface area contributed by atoms with Crippen LogP contribution in [0.25, 0.3) is 0 Å². The zero-order valence-electron chi connectivity index (χ0n) is 10.2. The molecule has 0 unspecified atom stereocenters. The number of anilines is 1. The molecule has 0 radical (unpaired) electrons. The summed E-state index contributed by atoms with van der Waals surface area (Å²) in [5.74, 6) is 0.461. The summed E-state index contributed by atoms with van der Waals surface area (Å²) >= 11 is 1.70. The first-order valence-electron chi connectivity index (χ1n) is 5.82. The minimum absolute atomic E-state index is 0.461. The van der Waals surface area contributed by atoms with Gasteiger partial charge in [0, 0.05) is 18.0 Å². The third-order valence-electron chi connectivity index (χ3n) is 2.64. The van der Waals surface area contributed by atoms with Crippen LogP contribution in [-0.2, 0) is 12.8 Å². The molecule has 4 heteroatoms. The maximum atomic E-state index is 5.91. The highest BCUT2D eigenvalue weighted by Crippen LogP contribution is 2.21. The van der Waals surface area contributed by atoms with Gasteiger partial charge in [0.25, 0.3) is 0 Å². The van der Waals surface area contributed by atoms with Gasteiger partial charge in [0.05, 0.1) is 0 Å². The maximum Gasteiger partial charge on any atom is 0.119 e. The second-order valence-corrected chi connectivity index (χ2v) is 5.48. The highest BCUT2D eigenvalue weighted by Gasteiger charge is 2.08. The Morgan fingerprint density at radius 2 is 1.94 bits per heavy atom. The molecule has 2 rings (SSSR count). The Bertz CT molecular complexity index is 491. The number of benzene rings is 1. The highest BCUT2D eigenvalue weighted by molar-refractivity contribution is 7.11. The lowest BCUT2D eigenvalue weighted by atomic mass is 10.1. The predicted molar refractivity (Wildman–Crippen MR) is 72.3 cm³/mol. The zero-order valence-corrected chi connectivity index (χ0v) is 11.0. The first-order valence-corrected chi connectivity index (χ1v) is 6.64. The normalized spacial score (nSPS) is 11.0. The number of aromatic nitrogens is 2. The molecule has 0 spiro atoms. The molecule has 0 fully saturated rings. The van der Waals surface area contributed by atoms with Crippen molar-refractivity contribution in [2.75, 3.05) is 5.73 Å². The topological polar surface area (TPSA) is 51.8 Å². The molecule has 3 nitrogen and oxygen atoms in total. The summed E-state index contributed by atoms with van der Waals surface area (Å²) in [6.45, 7) is 4.28. The van der Waals surface area contributed by atoms with Crippen LogP contribution in [-0.4, -0.2) is 10.2 Å². The molecule has 0 saturated carbocycles. The van der Waals surface area contributed by atoms with E-state index in [-0.39, 0.29) is 0 Å². The second kappa shape index (κ2) is 5.27. The van der Waals surface area contributed by atoms with Crippen LogP contribution < -0.4 is 5.73 Å². The van der Waals surface area contributed by atoms with Gasteiger partial charge < -0.3 is 5.73 Å². The molecule has 0 aliphatic carbocycles. The fraction of sp³-hybridized carbons (Fsp3) is 0.385. The van der Waals surface area contributed by atoms with Crippen LogP contribution in [0.3, 0.4) is 0 Å². The average Bonchev–Trinajstić information content (AvgIpc) is 2.77. The average molecular weight is 247 g/mol. The molecule has 1 aromatic heterocycles. The van der Waals surface area contributed by atoms with Gasteiger partial charge in [-0.25, -0.2) is 0 Å². The molecule has 0 aliphatic heterocycles. The minimum Gasteiger partial charge on any atom is -0.399 e. The smallest absolute Gasteiger partial charge is 0.119 e. The Labute approximate surface area is 106 Å². The van der Waals surface area contributed by atoms with Crippen LogP contribution in [0.1, 0.15) is 35.3 Å². The van der Waals surface area contributed by atoms with Crippen molar-refractivity contribution in [1.82, 2.24) is 10.2 Å². The minimum atomic E-state index is 0.461. The summed E-state index contributed by atoms with van der Waals surface area (Å²) in [4.78, 5) is 0. The van der Waals surface area contributed by atoms with E-state index in [0.717, 1.165) is 28.5 Å². The van der Waals surface area contributed by atoms with Crippen LogP contribution in [0.15, 0.2) is 24.3 Å². The van der Waals surface area contributed by atoms with E-state index in [1.807, 2.05) is 18.2 Å². The molecule has 0 saturated heterocycles. The molecule has 0 amide bonds. The van der Waals surface area contributed by atoms with Crippen molar-refractivity contribution in [3.05, 3.63) is 39.8 Å². The Morgan fingerprint density at radius 3 is 2.59 bits per heavy atom. The SMILES string of the molecule is CC(C)c1nnc(CCc2ccccc2N)s1. The first-order chi connectivity index (χ1) is 8.16. The van der Waals surface area contributed by atoms with Gasteiger partial charge in [-0.1, -0.05) is 32.0 Å². The van der Waals surface area contributed by atoms with Crippen LogP contribution in [0.2, 0.25) is 0 Å². The van der Waals surface area contributed by atoms with Crippen molar-refractivity contribution in [3.8, 4) is 0 Å². The van der Waals surface area contributed by atoms with Gasteiger partial charge in [-0.05, 0) is 18.1 Å². The van der Waals surface area contributed by atoms with Crippen LogP contribution in [0.5, 0.6) is 0 Å². The van der Waals surface area contributed by atoms with E-state index in [2.05, 4.69) is 30.1 Å². The lowest BCUT2D eigenvalue weighted by Gasteiger charge is -2.02. The number of hydrogen-bond acceptors (Lipinski definition) is 4. The summed E-state index contributed by atoms with van der Waals surface area (Å²) in [7, 11) is 0. The third kappa shape index (κ3) is 3.03. The molecule has 0 atom stereocenters. The number of para-hydroxylation sites is 1. The van der Waals surface area contributed by atoms with Gasteiger partial charge in [-0.3, -0.25) is 0 Å². The summed E-state index contributed by atoms with van der Waals surface area (Å²) < 4.78 is 0. The Morgan fingerprint density at radius 1 is 1.18 bits per heavy atom. The van der Waals surface area contributed by atoms with E-state index in [1.54, 1.807) is 11.3 Å². The molecule has 2 aromatic rings. The van der Waals surface area contributed by atoms with E-state index in [9.17, 15) is 0 Å². The zero-order chi connectivity index (χ0) is 12.3. The fourth-order valence-corrected chi connectivity index (χ4v) is 2.45. The summed E-state index contributed by atoms with van der Waals surface area (Å²) in [6.07, 6.45) is 1.85. The number of hydrogen-bond donors (Lipinski definition) is 1. The van der Waals surface area contributed by atoms with Gasteiger partial charge in [-0.2, -0.15) is 0 Å². The monoisotopic (exact) mass is 247 g/mol. The molecule has 1 heterocycles. The molecule has 2 N–H and O–H groups in total. The molecule has 1 aromatic carbocycles. The summed E-state index contributed by atoms with van der Waals surface area (Å²) in [5, 5.41) is 10.6. The number of nitrogen functional groups attached to an aromatic ring is 1. The summed E-state index contributed by atoms with van der Waals surface area (Å²) in [5.41, 5.74) is 7.96. The van der Waals surface area contributed by atoms with Crippen molar-refractivity contribution >= 4 is 17.0 Å². The third-order valence-corrected chi connectivity index (χ3v) is 3.92.